The van der Waals surface area contributed by atoms with Gasteiger partial charge in [-0.25, -0.2) is 0 Å². The zero-order valence-corrected chi connectivity index (χ0v) is 29.8. The van der Waals surface area contributed by atoms with E-state index in [9.17, 15) is 0 Å². The first-order valence-electron chi connectivity index (χ1n) is 18.7. The molecule has 0 saturated heterocycles. The van der Waals surface area contributed by atoms with Crippen molar-refractivity contribution in [2.45, 2.75) is 19.3 Å². The fourth-order valence-electron chi connectivity index (χ4n) is 9.85. The van der Waals surface area contributed by atoms with Crippen LogP contribution in [0, 0.1) is 0 Å². The molecule has 1 aliphatic rings. The van der Waals surface area contributed by atoms with Crippen LogP contribution < -0.4 is 0 Å². The van der Waals surface area contributed by atoms with Crippen molar-refractivity contribution in [3.05, 3.63) is 193 Å². The summed E-state index contributed by atoms with van der Waals surface area (Å²) in [5.41, 5.74) is 13.0. The van der Waals surface area contributed by atoms with Crippen molar-refractivity contribution in [1.82, 2.24) is 0 Å². The Balaban J connectivity index is 1.15. The molecule has 0 nitrogen and oxygen atoms in total. The molecule has 0 unspecified atom stereocenters. The molecule has 0 heteroatoms. The van der Waals surface area contributed by atoms with E-state index in [1.165, 1.54) is 109 Å². The topological polar surface area (TPSA) is 0 Å². The van der Waals surface area contributed by atoms with Crippen molar-refractivity contribution in [3.8, 4) is 44.5 Å². The first-order chi connectivity index (χ1) is 26.1. The lowest BCUT2D eigenvalue weighted by molar-refractivity contribution is 0.672. The maximum absolute atomic E-state index is 2.50. The van der Waals surface area contributed by atoms with E-state index in [1.807, 2.05) is 0 Å². The summed E-state index contributed by atoms with van der Waals surface area (Å²) in [6.45, 7) is 4.86. The van der Waals surface area contributed by atoms with Crippen LogP contribution in [-0.4, -0.2) is 0 Å². The fourth-order valence-corrected chi connectivity index (χ4v) is 9.85. The molecule has 0 aliphatic heterocycles. The monoisotopic (exact) mass is 672 g/mol. The Kier molecular flexibility index (Phi) is 6.40. The van der Waals surface area contributed by atoms with Crippen molar-refractivity contribution in [2.24, 2.45) is 0 Å². The molecule has 0 amide bonds. The van der Waals surface area contributed by atoms with Crippen LogP contribution >= 0.6 is 0 Å². The smallest absolute Gasteiger partial charge is 0.0171 e. The summed E-state index contributed by atoms with van der Waals surface area (Å²) >= 11 is 0. The second kappa shape index (κ2) is 11.2. The molecule has 0 saturated carbocycles. The second-order valence-corrected chi connectivity index (χ2v) is 15.1. The lowest BCUT2D eigenvalue weighted by atomic mass is 9.77. The summed E-state index contributed by atoms with van der Waals surface area (Å²) < 4.78 is 0. The van der Waals surface area contributed by atoms with E-state index >= 15 is 0 Å². The van der Waals surface area contributed by atoms with Crippen LogP contribution in [0.1, 0.15) is 25.0 Å². The average molecular weight is 673 g/mol. The summed E-state index contributed by atoms with van der Waals surface area (Å²) in [5, 5.41) is 13.1. The van der Waals surface area contributed by atoms with Gasteiger partial charge in [0.05, 0.1) is 0 Å². The van der Waals surface area contributed by atoms with Gasteiger partial charge in [-0.15, -0.1) is 0 Å². The molecule has 10 aromatic rings. The van der Waals surface area contributed by atoms with Gasteiger partial charge in [-0.1, -0.05) is 190 Å². The number of hydrogen-bond donors (Lipinski definition) is 0. The minimum atomic E-state index is -0.162. The Bertz CT molecular complexity index is 3050. The highest BCUT2D eigenvalue weighted by molar-refractivity contribution is 6.22. The molecule has 0 N–H and O–H groups in total. The van der Waals surface area contributed by atoms with Crippen molar-refractivity contribution >= 4 is 53.9 Å². The van der Waals surface area contributed by atoms with Gasteiger partial charge in [0.15, 0.2) is 0 Å². The maximum atomic E-state index is 2.50. The SMILES string of the molecule is CC1(C)c2c(cc(-c3ccc(-c4c5ccccc5c(-c5ccccc5)c5ccccc45)cc3)c3ccccc23)-c2c1c1ccccc1c1ccccc21. The Morgan fingerprint density at radius 1 is 0.264 bits per heavy atom. The van der Waals surface area contributed by atoms with Gasteiger partial charge < -0.3 is 0 Å². The molecular weight excluding hydrogens is 637 g/mol. The molecule has 0 radical (unpaired) electrons. The zero-order valence-electron chi connectivity index (χ0n) is 29.8. The quantitative estimate of drug-likeness (QED) is 0.129. The van der Waals surface area contributed by atoms with Crippen LogP contribution in [0.4, 0.5) is 0 Å². The summed E-state index contributed by atoms with van der Waals surface area (Å²) in [7, 11) is 0. The third-order valence-electron chi connectivity index (χ3n) is 12.0. The largest absolute Gasteiger partial charge is 0.0622 e. The number of fused-ring (bicyclic) bond motifs is 12. The lowest BCUT2D eigenvalue weighted by Crippen LogP contribution is -2.16. The Morgan fingerprint density at radius 3 is 1.15 bits per heavy atom. The second-order valence-electron chi connectivity index (χ2n) is 15.1. The van der Waals surface area contributed by atoms with E-state index in [-0.39, 0.29) is 5.41 Å². The minimum Gasteiger partial charge on any atom is -0.0622 e. The van der Waals surface area contributed by atoms with E-state index in [2.05, 4.69) is 196 Å². The van der Waals surface area contributed by atoms with Crippen molar-refractivity contribution < 1.29 is 0 Å². The van der Waals surface area contributed by atoms with Gasteiger partial charge in [0.1, 0.15) is 0 Å². The highest BCUT2D eigenvalue weighted by atomic mass is 14.4. The summed E-state index contributed by atoms with van der Waals surface area (Å²) in [6, 6.07) is 67.6. The predicted octanol–water partition coefficient (Wildman–Crippen LogP) is 14.8. The molecule has 0 bridgehead atoms. The molecule has 248 valence electrons. The molecular formula is C53H36. The zero-order chi connectivity index (χ0) is 35.3. The molecule has 11 rings (SSSR count). The van der Waals surface area contributed by atoms with Crippen LogP contribution in [-0.2, 0) is 5.41 Å². The molecule has 0 fully saturated rings. The van der Waals surface area contributed by atoms with Gasteiger partial charge in [0.25, 0.3) is 0 Å². The van der Waals surface area contributed by atoms with Gasteiger partial charge in [0, 0.05) is 5.41 Å². The van der Waals surface area contributed by atoms with Crippen LogP contribution in [0.5, 0.6) is 0 Å². The fraction of sp³-hybridized carbons (Fsp3) is 0.0566. The Labute approximate surface area is 309 Å². The van der Waals surface area contributed by atoms with Gasteiger partial charge in [-0.05, 0) is 116 Å². The number of hydrogen-bond acceptors (Lipinski definition) is 0. The van der Waals surface area contributed by atoms with E-state index in [1.54, 1.807) is 0 Å². The minimum absolute atomic E-state index is 0.162. The Hall–Kier alpha value is -6.50. The first kappa shape index (κ1) is 30.2. The third kappa shape index (κ3) is 4.24. The Morgan fingerprint density at radius 2 is 0.623 bits per heavy atom. The van der Waals surface area contributed by atoms with Gasteiger partial charge in [-0.2, -0.15) is 0 Å². The molecule has 0 atom stereocenters. The number of benzene rings is 10. The number of rotatable bonds is 3. The molecule has 0 aromatic heterocycles. The van der Waals surface area contributed by atoms with Crippen molar-refractivity contribution in [1.29, 1.82) is 0 Å². The van der Waals surface area contributed by atoms with Crippen LogP contribution in [0.3, 0.4) is 0 Å². The van der Waals surface area contributed by atoms with E-state index < -0.39 is 0 Å². The molecule has 0 spiro atoms. The first-order valence-corrected chi connectivity index (χ1v) is 18.7. The van der Waals surface area contributed by atoms with Crippen LogP contribution in [0.25, 0.3) is 98.4 Å². The summed E-state index contributed by atoms with van der Waals surface area (Å²) in [5.74, 6) is 0. The normalized spacial score (nSPS) is 13.2. The molecule has 53 heavy (non-hydrogen) atoms. The van der Waals surface area contributed by atoms with Gasteiger partial charge in [-0.3, -0.25) is 0 Å². The van der Waals surface area contributed by atoms with Crippen molar-refractivity contribution in [3.63, 3.8) is 0 Å². The molecule has 0 heterocycles. The van der Waals surface area contributed by atoms with E-state index in [0.717, 1.165) is 0 Å². The van der Waals surface area contributed by atoms with Crippen LogP contribution in [0.2, 0.25) is 0 Å². The highest BCUT2D eigenvalue weighted by Gasteiger charge is 2.40. The van der Waals surface area contributed by atoms with Crippen LogP contribution in [0.15, 0.2) is 182 Å². The standard InChI is InChI=1S/C53H36/c1-53(2)51-44-26-14-8-20-38(44)46(32-47(51)50-39-21-9-6-18-36(39)37-19-7-15-27-45(37)52(50)53)33-28-30-35(31-29-33)49-42-24-12-10-22-40(42)48(34-16-4-3-5-17-34)41-23-11-13-25-43(41)49/h3-32H,1-2H3. The van der Waals surface area contributed by atoms with Crippen molar-refractivity contribution in [2.75, 3.05) is 0 Å². The predicted molar refractivity (Wildman–Crippen MR) is 228 cm³/mol. The average Bonchev–Trinajstić information content (AvgIpc) is 3.46. The van der Waals surface area contributed by atoms with E-state index in [4.69, 9.17) is 0 Å². The lowest BCUT2D eigenvalue weighted by Gasteiger charge is -2.25. The van der Waals surface area contributed by atoms with Gasteiger partial charge in [0.2, 0.25) is 0 Å². The molecule has 1 aliphatic carbocycles. The summed E-state index contributed by atoms with van der Waals surface area (Å²) in [4.78, 5) is 0. The highest BCUT2D eigenvalue weighted by Crippen LogP contribution is 2.57. The summed E-state index contributed by atoms with van der Waals surface area (Å²) in [6.07, 6.45) is 0. The molecule has 10 aromatic carbocycles. The maximum Gasteiger partial charge on any atom is 0.0171 e. The van der Waals surface area contributed by atoms with Gasteiger partial charge >= 0.3 is 0 Å². The van der Waals surface area contributed by atoms with E-state index in [0.29, 0.717) is 0 Å². The third-order valence-corrected chi connectivity index (χ3v) is 12.0.